The predicted octanol–water partition coefficient (Wildman–Crippen LogP) is 2.08. The van der Waals surface area contributed by atoms with Gasteiger partial charge < -0.3 is 14.6 Å². The molecule has 0 aliphatic carbocycles. The molecular weight excluding hydrogens is 348 g/mol. The Morgan fingerprint density at radius 3 is 2.27 bits per heavy atom. The minimum absolute atomic E-state index is 0.173. The van der Waals surface area contributed by atoms with Crippen molar-refractivity contribution in [3.63, 3.8) is 0 Å². The van der Waals surface area contributed by atoms with Crippen LogP contribution < -0.4 is 9.47 Å². The zero-order chi connectivity index (χ0) is 18.5. The van der Waals surface area contributed by atoms with Gasteiger partial charge in [0, 0.05) is 0 Å². The molecule has 0 amide bonds. The van der Waals surface area contributed by atoms with E-state index in [1.807, 2.05) is 0 Å². The Balaban J connectivity index is 1.80. The molecule has 0 saturated carbocycles. The third-order valence-corrected chi connectivity index (χ3v) is 3.59. The molecule has 136 valence electrons. The number of alkyl halides is 2. The first-order valence-corrected chi connectivity index (χ1v) is 7.55. The summed E-state index contributed by atoms with van der Waals surface area (Å²) in [5, 5.41) is 20.2. The summed E-state index contributed by atoms with van der Waals surface area (Å²) in [5.41, 5.74) is 0.173. The van der Waals surface area contributed by atoms with E-state index in [-0.39, 0.29) is 5.69 Å². The number of tetrazole rings is 1. The van der Waals surface area contributed by atoms with Gasteiger partial charge in [-0.05, 0) is 46.8 Å². The van der Waals surface area contributed by atoms with Crippen molar-refractivity contribution in [1.29, 1.82) is 0 Å². The average Bonchev–Trinajstić information content (AvgIpc) is 3.18. The molecule has 2 atom stereocenters. The van der Waals surface area contributed by atoms with E-state index >= 15 is 0 Å². The molecule has 2 heterocycles. The van der Waals surface area contributed by atoms with Gasteiger partial charge in [-0.25, -0.2) is 13.5 Å². The zero-order valence-corrected chi connectivity index (χ0v) is 13.6. The van der Waals surface area contributed by atoms with E-state index in [2.05, 4.69) is 20.5 Å². The van der Waals surface area contributed by atoms with Gasteiger partial charge in [0.2, 0.25) is 0 Å². The molecule has 0 bridgehead atoms. The van der Waals surface area contributed by atoms with Crippen LogP contribution in [0.25, 0.3) is 0 Å². The normalized spacial score (nSPS) is 13.4. The maximum atomic E-state index is 13.0. The topological polar surface area (TPSA) is 95.2 Å². The monoisotopic (exact) mass is 363 g/mol. The van der Waals surface area contributed by atoms with Crippen molar-refractivity contribution in [3.8, 4) is 17.2 Å². The van der Waals surface area contributed by atoms with Crippen LogP contribution in [0.3, 0.4) is 0 Å². The van der Waals surface area contributed by atoms with Gasteiger partial charge >= 0.3 is 0 Å². The smallest absolute Gasteiger partial charge is 0.266 e. The van der Waals surface area contributed by atoms with Gasteiger partial charge in [0.15, 0.2) is 0 Å². The molecule has 3 aromatic rings. The molecule has 8 nitrogen and oxygen atoms in total. The number of nitrogens with zero attached hydrogens (tertiary/aromatic N) is 5. The van der Waals surface area contributed by atoms with Crippen molar-refractivity contribution in [2.75, 3.05) is 7.11 Å². The average molecular weight is 363 g/mol. The minimum Gasteiger partial charge on any atom is -0.497 e. The molecule has 26 heavy (non-hydrogen) atoms. The number of hydrogen-bond acceptors (Lipinski definition) is 7. The Labute approximate surface area is 147 Å². The van der Waals surface area contributed by atoms with E-state index in [1.165, 1.54) is 12.3 Å². The summed E-state index contributed by atoms with van der Waals surface area (Å²) in [6.45, 7) is 0. The van der Waals surface area contributed by atoms with Crippen LogP contribution >= 0.6 is 0 Å². The van der Waals surface area contributed by atoms with Crippen LogP contribution in [0.5, 0.6) is 17.2 Å². The lowest BCUT2D eigenvalue weighted by atomic mass is 10.1. The number of rotatable bonds is 7. The van der Waals surface area contributed by atoms with Crippen molar-refractivity contribution in [3.05, 3.63) is 54.6 Å². The number of aliphatic hydroxyl groups excluding tert-OH is 1. The Bertz CT molecular complexity index is 813. The quantitative estimate of drug-likeness (QED) is 0.687. The largest absolute Gasteiger partial charge is 0.497 e. The number of ether oxygens (including phenoxy) is 2. The van der Waals surface area contributed by atoms with Crippen molar-refractivity contribution < 1.29 is 23.4 Å². The minimum atomic E-state index is -2.98. The third-order valence-electron chi connectivity index (χ3n) is 3.59. The van der Waals surface area contributed by atoms with Crippen molar-refractivity contribution in [2.45, 2.75) is 18.6 Å². The van der Waals surface area contributed by atoms with Gasteiger partial charge in [-0.3, -0.25) is 4.98 Å². The summed E-state index contributed by atoms with van der Waals surface area (Å²) in [4.78, 5) is 4.11. The van der Waals surface area contributed by atoms with E-state index in [1.54, 1.807) is 37.4 Å². The van der Waals surface area contributed by atoms with Gasteiger partial charge in [-0.1, -0.05) is 0 Å². The summed E-state index contributed by atoms with van der Waals surface area (Å²) in [5.74, 6) is 1.65. The van der Waals surface area contributed by atoms with Gasteiger partial charge in [-0.2, -0.15) is 0 Å². The van der Waals surface area contributed by atoms with Gasteiger partial charge in [0.05, 0.1) is 19.0 Å². The molecule has 0 saturated heterocycles. The first kappa shape index (κ1) is 17.7. The number of hydrogen-bond donors (Lipinski definition) is 1. The van der Waals surface area contributed by atoms with Gasteiger partial charge in [0.1, 0.15) is 35.7 Å². The molecule has 0 fully saturated rings. The standard InChI is InChI=1S/C16H15F2N5O3/c1-25-10-2-4-11(5-3-10)26-12-6-7-13(19-8-12)14(15(24)16(17)18)23-9-20-21-22-23/h2-9,14-16,24H,1H3. The Kier molecular flexibility index (Phi) is 5.32. The predicted molar refractivity (Wildman–Crippen MR) is 85.3 cm³/mol. The second kappa shape index (κ2) is 7.83. The fourth-order valence-electron chi connectivity index (χ4n) is 2.31. The van der Waals surface area contributed by atoms with Crippen molar-refractivity contribution in [1.82, 2.24) is 25.2 Å². The summed E-state index contributed by atoms with van der Waals surface area (Å²) < 4.78 is 37.7. The highest BCUT2D eigenvalue weighted by Crippen LogP contribution is 2.27. The first-order valence-electron chi connectivity index (χ1n) is 7.55. The molecule has 0 radical (unpaired) electrons. The molecule has 3 rings (SSSR count). The van der Waals surface area contributed by atoms with Crippen LogP contribution in [0.2, 0.25) is 0 Å². The Morgan fingerprint density at radius 1 is 1.04 bits per heavy atom. The second-order valence-corrected chi connectivity index (χ2v) is 5.26. The van der Waals surface area contributed by atoms with Crippen LogP contribution in [0.1, 0.15) is 11.7 Å². The number of halogens is 2. The molecular formula is C16H15F2N5O3. The number of benzene rings is 1. The zero-order valence-electron chi connectivity index (χ0n) is 13.6. The van der Waals surface area contributed by atoms with Crippen LogP contribution in [0.4, 0.5) is 8.78 Å². The first-order chi connectivity index (χ1) is 12.6. The summed E-state index contributed by atoms with van der Waals surface area (Å²) in [6.07, 6.45) is -2.49. The highest BCUT2D eigenvalue weighted by molar-refractivity contribution is 5.35. The Hall–Kier alpha value is -3.14. The van der Waals surface area contributed by atoms with E-state index in [9.17, 15) is 13.9 Å². The number of pyridine rings is 1. The van der Waals surface area contributed by atoms with E-state index < -0.39 is 18.6 Å². The van der Waals surface area contributed by atoms with Crippen LogP contribution in [0, 0.1) is 0 Å². The fourth-order valence-corrected chi connectivity index (χ4v) is 2.31. The lowest BCUT2D eigenvalue weighted by Gasteiger charge is -2.21. The maximum Gasteiger partial charge on any atom is 0.266 e. The van der Waals surface area contributed by atoms with Crippen molar-refractivity contribution in [2.24, 2.45) is 0 Å². The Morgan fingerprint density at radius 2 is 1.73 bits per heavy atom. The maximum absolute atomic E-state index is 13.0. The lowest BCUT2D eigenvalue weighted by molar-refractivity contribution is -0.0292. The third kappa shape index (κ3) is 3.91. The van der Waals surface area contributed by atoms with E-state index in [4.69, 9.17) is 9.47 Å². The molecule has 2 aromatic heterocycles. The van der Waals surface area contributed by atoms with Gasteiger partial charge in [0.25, 0.3) is 6.43 Å². The van der Waals surface area contributed by atoms with Crippen LogP contribution in [-0.4, -0.2) is 49.9 Å². The SMILES string of the molecule is COc1ccc(Oc2ccc(C(C(O)C(F)F)n3cnnn3)nc2)cc1. The van der Waals surface area contributed by atoms with Gasteiger partial charge in [-0.15, -0.1) is 5.10 Å². The highest BCUT2D eigenvalue weighted by Gasteiger charge is 2.32. The van der Waals surface area contributed by atoms with Crippen LogP contribution in [-0.2, 0) is 0 Å². The van der Waals surface area contributed by atoms with Crippen LogP contribution in [0.15, 0.2) is 48.9 Å². The summed E-state index contributed by atoms with van der Waals surface area (Å²) >= 11 is 0. The second-order valence-electron chi connectivity index (χ2n) is 5.26. The summed E-state index contributed by atoms with van der Waals surface area (Å²) in [7, 11) is 1.56. The molecule has 0 aliphatic rings. The number of methoxy groups -OCH3 is 1. The van der Waals surface area contributed by atoms with Crippen molar-refractivity contribution >= 4 is 0 Å². The van der Waals surface area contributed by atoms with E-state index in [0.29, 0.717) is 17.2 Å². The molecule has 10 heteroatoms. The summed E-state index contributed by atoms with van der Waals surface area (Å²) in [6, 6.07) is 8.72. The van der Waals surface area contributed by atoms with E-state index in [0.717, 1.165) is 11.0 Å². The number of aliphatic hydroxyl groups is 1. The molecule has 2 unspecified atom stereocenters. The molecule has 1 aromatic carbocycles. The highest BCUT2D eigenvalue weighted by atomic mass is 19.3. The fraction of sp³-hybridized carbons (Fsp3) is 0.250. The molecule has 0 aliphatic heterocycles. The number of aromatic nitrogens is 5. The molecule has 1 N–H and O–H groups in total. The lowest BCUT2D eigenvalue weighted by Crippen LogP contribution is -2.32. The molecule has 0 spiro atoms.